The molecule has 3 heterocycles. The molecular weight excluding hydrogens is 494 g/mol. The maximum atomic E-state index is 15.0. The highest BCUT2D eigenvalue weighted by Crippen LogP contribution is 2.35. The number of benzene rings is 2. The van der Waals surface area contributed by atoms with Gasteiger partial charge in [0.1, 0.15) is 17.2 Å². The van der Waals surface area contributed by atoms with Gasteiger partial charge in [-0.05, 0) is 68.1 Å². The van der Waals surface area contributed by atoms with Crippen molar-refractivity contribution in [3.8, 4) is 11.3 Å². The van der Waals surface area contributed by atoms with E-state index in [2.05, 4.69) is 20.3 Å². The summed E-state index contributed by atoms with van der Waals surface area (Å²) in [4.78, 5) is 15.9. The number of hydrogen-bond donors (Lipinski definition) is 1. The number of thiazole rings is 1. The van der Waals surface area contributed by atoms with Gasteiger partial charge in [0.2, 0.25) is 5.16 Å². The van der Waals surface area contributed by atoms with E-state index < -0.39 is 17.5 Å². The lowest BCUT2D eigenvalue weighted by molar-refractivity contribution is 0.0460. The summed E-state index contributed by atoms with van der Waals surface area (Å²) in [5.41, 5.74) is 6.62. The molecule has 178 valence electrons. The predicted molar refractivity (Wildman–Crippen MR) is 128 cm³/mol. The van der Waals surface area contributed by atoms with Crippen molar-refractivity contribution in [3.05, 3.63) is 65.2 Å². The minimum Gasteiger partial charge on any atom is -0.443 e. The summed E-state index contributed by atoms with van der Waals surface area (Å²) in [6.07, 6.45) is -0.526. The monoisotopic (exact) mass is 512 g/mol. The highest BCUT2D eigenvalue weighted by atomic mass is 32.2. The first-order chi connectivity index (χ1) is 16.7. The van der Waals surface area contributed by atoms with E-state index in [1.165, 1.54) is 34.1 Å². The van der Waals surface area contributed by atoms with E-state index >= 15 is 0 Å². The molecule has 35 heavy (non-hydrogen) atoms. The van der Waals surface area contributed by atoms with Crippen LogP contribution in [0.25, 0.3) is 27.1 Å². The number of carbonyl (C=O) groups excluding carboxylic acids is 1. The average Bonchev–Trinajstić information content (AvgIpc) is 3.35. The largest absolute Gasteiger partial charge is 0.443 e. The van der Waals surface area contributed by atoms with Crippen LogP contribution in [0.1, 0.15) is 18.9 Å². The van der Waals surface area contributed by atoms with Crippen molar-refractivity contribution in [2.45, 2.75) is 35.9 Å². The Kier molecular flexibility index (Phi) is 5.85. The fourth-order valence-corrected chi connectivity index (χ4v) is 5.62. The Labute approximate surface area is 206 Å². The highest BCUT2D eigenvalue weighted by Gasteiger charge is 2.25. The Balaban J connectivity index is 1.45. The number of rotatable bonds is 6. The number of aromatic nitrogens is 5. The third-order valence-electron chi connectivity index (χ3n) is 5.02. The van der Waals surface area contributed by atoms with Crippen LogP contribution >= 0.6 is 23.1 Å². The highest BCUT2D eigenvalue weighted by molar-refractivity contribution is 7.99. The van der Waals surface area contributed by atoms with E-state index in [0.717, 1.165) is 22.0 Å². The van der Waals surface area contributed by atoms with Gasteiger partial charge in [-0.3, -0.25) is 0 Å². The molecule has 0 bridgehead atoms. The summed E-state index contributed by atoms with van der Waals surface area (Å²) in [6, 6.07) is 12.5. The molecule has 0 radical (unpaired) electrons. The number of hydrogen-bond acceptors (Lipinski definition) is 8. The second kappa shape index (κ2) is 8.86. The summed E-state index contributed by atoms with van der Waals surface area (Å²) >= 11 is 2.47. The molecule has 5 rings (SSSR count). The molecule has 0 atom stereocenters. The lowest BCUT2D eigenvalue weighted by atomic mass is 10.1. The van der Waals surface area contributed by atoms with Crippen LogP contribution < -0.4 is 5.73 Å². The van der Waals surface area contributed by atoms with Gasteiger partial charge in [0, 0.05) is 18.1 Å². The van der Waals surface area contributed by atoms with Crippen LogP contribution in [-0.4, -0.2) is 36.5 Å². The second-order valence-corrected chi connectivity index (χ2v) is 10.4. The molecule has 0 unspecified atom stereocenters. The molecule has 1 amide bonds. The van der Waals surface area contributed by atoms with Gasteiger partial charge in [-0.2, -0.15) is 9.61 Å². The predicted octanol–water partition coefficient (Wildman–Crippen LogP) is 5.25. The summed E-state index contributed by atoms with van der Waals surface area (Å²) in [7, 11) is 0. The Hall–Kier alpha value is -3.64. The molecule has 0 saturated heterocycles. The standard InChI is InChI=1S/C23H18F2N6O2S2/c1-23(2,33-21(26)32)11-20-27-16-9-14(25)17(10-18(16)34-20)35-22-29-28-19-8-7-15(30-31(19)22)12-3-5-13(24)6-4-12/h3-10H,11H2,1-2H3,(H2,26,32). The van der Waals surface area contributed by atoms with Gasteiger partial charge in [0.05, 0.1) is 25.8 Å². The lowest BCUT2D eigenvalue weighted by Crippen LogP contribution is -2.33. The van der Waals surface area contributed by atoms with E-state index in [9.17, 15) is 13.6 Å². The van der Waals surface area contributed by atoms with Crippen molar-refractivity contribution in [1.82, 2.24) is 24.8 Å². The third-order valence-corrected chi connectivity index (χ3v) is 7.00. The Morgan fingerprint density at radius 1 is 1.14 bits per heavy atom. The number of nitrogens with zero attached hydrogens (tertiary/aromatic N) is 5. The smallest absolute Gasteiger partial charge is 0.405 e. The van der Waals surface area contributed by atoms with Crippen LogP contribution in [0, 0.1) is 11.6 Å². The number of carbonyl (C=O) groups is 1. The SMILES string of the molecule is CC(C)(Cc1nc2cc(F)c(Sc3nnc4ccc(-c5ccc(F)cc5)nn34)cc2s1)OC(N)=O. The number of amides is 1. The summed E-state index contributed by atoms with van der Waals surface area (Å²) in [6.45, 7) is 3.46. The first kappa shape index (κ1) is 23.1. The lowest BCUT2D eigenvalue weighted by Gasteiger charge is -2.22. The van der Waals surface area contributed by atoms with Gasteiger partial charge in [0.25, 0.3) is 0 Å². The zero-order valence-corrected chi connectivity index (χ0v) is 20.2. The topological polar surface area (TPSA) is 108 Å². The van der Waals surface area contributed by atoms with Crippen LogP contribution in [0.15, 0.2) is 58.6 Å². The van der Waals surface area contributed by atoms with Gasteiger partial charge in [-0.1, -0.05) is 0 Å². The molecule has 0 aliphatic carbocycles. The zero-order valence-electron chi connectivity index (χ0n) is 18.5. The van der Waals surface area contributed by atoms with E-state index in [0.29, 0.717) is 38.3 Å². The van der Waals surface area contributed by atoms with Crippen molar-refractivity contribution < 1.29 is 18.3 Å². The second-order valence-electron chi connectivity index (χ2n) is 8.30. The summed E-state index contributed by atoms with van der Waals surface area (Å²) in [5.74, 6) is -0.796. The van der Waals surface area contributed by atoms with Crippen LogP contribution in [0.2, 0.25) is 0 Å². The molecule has 8 nitrogen and oxygen atoms in total. The van der Waals surface area contributed by atoms with Crippen molar-refractivity contribution in [2.75, 3.05) is 0 Å². The molecule has 2 aromatic carbocycles. The number of ether oxygens (including phenoxy) is 1. The molecule has 0 aliphatic rings. The van der Waals surface area contributed by atoms with Crippen molar-refractivity contribution in [1.29, 1.82) is 0 Å². The third kappa shape index (κ3) is 4.93. The van der Waals surface area contributed by atoms with E-state index in [1.807, 2.05) is 0 Å². The van der Waals surface area contributed by atoms with Gasteiger partial charge in [-0.25, -0.2) is 18.6 Å². The minimum atomic E-state index is -0.863. The Morgan fingerprint density at radius 3 is 2.66 bits per heavy atom. The molecule has 3 aromatic heterocycles. The molecule has 0 fully saturated rings. The molecule has 0 saturated carbocycles. The molecule has 5 aromatic rings. The first-order valence-corrected chi connectivity index (χ1v) is 12.0. The Morgan fingerprint density at radius 2 is 1.91 bits per heavy atom. The van der Waals surface area contributed by atoms with E-state index in [-0.39, 0.29) is 5.82 Å². The average molecular weight is 513 g/mol. The van der Waals surface area contributed by atoms with Crippen molar-refractivity contribution in [3.63, 3.8) is 0 Å². The van der Waals surface area contributed by atoms with Gasteiger partial charge >= 0.3 is 6.09 Å². The van der Waals surface area contributed by atoms with Crippen molar-refractivity contribution >= 4 is 45.1 Å². The van der Waals surface area contributed by atoms with E-state index in [4.69, 9.17) is 10.5 Å². The maximum Gasteiger partial charge on any atom is 0.405 e. The maximum absolute atomic E-state index is 15.0. The van der Waals surface area contributed by atoms with Crippen LogP contribution in [0.4, 0.5) is 13.6 Å². The van der Waals surface area contributed by atoms with Crippen molar-refractivity contribution in [2.24, 2.45) is 5.73 Å². The van der Waals surface area contributed by atoms with Gasteiger partial charge < -0.3 is 10.5 Å². The fraction of sp³-hybridized carbons (Fsp3) is 0.174. The van der Waals surface area contributed by atoms with Gasteiger partial charge in [0.15, 0.2) is 5.65 Å². The number of nitrogens with two attached hydrogens (primary N) is 1. The minimum absolute atomic E-state index is 0.337. The van der Waals surface area contributed by atoms with Gasteiger partial charge in [-0.15, -0.1) is 21.5 Å². The molecule has 0 aliphatic heterocycles. The zero-order chi connectivity index (χ0) is 24.7. The molecular formula is C23H18F2N6O2S2. The normalized spacial score (nSPS) is 11.9. The summed E-state index contributed by atoms with van der Waals surface area (Å²) < 4.78 is 35.7. The fourth-order valence-electron chi connectivity index (χ4n) is 3.51. The van der Waals surface area contributed by atoms with Crippen LogP contribution in [0.5, 0.6) is 0 Å². The first-order valence-electron chi connectivity index (χ1n) is 10.4. The Bertz CT molecular complexity index is 1570. The van der Waals surface area contributed by atoms with Crippen LogP contribution in [0.3, 0.4) is 0 Å². The summed E-state index contributed by atoms with van der Waals surface area (Å²) in [5, 5.41) is 13.9. The number of fused-ring (bicyclic) bond motifs is 2. The molecule has 12 heteroatoms. The van der Waals surface area contributed by atoms with E-state index in [1.54, 1.807) is 44.2 Å². The molecule has 0 spiro atoms. The quantitative estimate of drug-likeness (QED) is 0.331. The number of primary amides is 1. The molecule has 2 N–H and O–H groups in total. The van der Waals surface area contributed by atoms with Crippen LogP contribution in [-0.2, 0) is 11.2 Å². The number of halogens is 2.